The largest absolute Gasteiger partial charge is 0.481 e. The maximum Gasteiger partial charge on any atom is 0.312 e. The van der Waals surface area contributed by atoms with Crippen LogP contribution in [0.25, 0.3) is 0 Å². The minimum atomic E-state index is -0.657. The maximum atomic E-state index is 12.0. The molecule has 0 aliphatic carbocycles. The van der Waals surface area contributed by atoms with Gasteiger partial charge in [-0.15, -0.1) is 0 Å². The molecular weight excluding hydrogens is 282 g/mol. The third kappa shape index (κ3) is 2.76. The molecule has 0 N–H and O–H groups in total. The lowest BCUT2D eigenvalue weighted by Gasteiger charge is -2.15. The van der Waals surface area contributed by atoms with Crippen molar-refractivity contribution < 1.29 is 24.0 Å². The number of rotatable bonds is 4. The van der Waals surface area contributed by atoms with Crippen LogP contribution in [0.3, 0.4) is 0 Å². The summed E-state index contributed by atoms with van der Waals surface area (Å²) < 4.78 is 9.51. The second-order valence-corrected chi connectivity index (χ2v) is 4.38. The van der Waals surface area contributed by atoms with Crippen molar-refractivity contribution in [2.24, 2.45) is 5.92 Å². The average molecular weight is 295 g/mol. The number of carbonyl (C=O) groups excluding carboxylic acids is 2. The summed E-state index contributed by atoms with van der Waals surface area (Å²) >= 11 is 0. The number of anilines is 1. The number of carbonyl (C=O) groups is 2. The van der Waals surface area contributed by atoms with Crippen molar-refractivity contribution in [1.29, 1.82) is 0 Å². The number of aromatic nitrogens is 1. The van der Waals surface area contributed by atoms with Gasteiger partial charge in [-0.25, -0.2) is 0 Å². The molecule has 0 bridgehead atoms. The van der Waals surface area contributed by atoms with Gasteiger partial charge in [0.2, 0.25) is 17.6 Å². The Kier molecular flexibility index (Phi) is 4.01. The van der Waals surface area contributed by atoms with Gasteiger partial charge in [0.25, 0.3) is 0 Å². The molecule has 0 radical (unpaired) electrons. The molecule has 1 amide bonds. The topological polar surface area (TPSA) is 112 Å². The number of hydrogen-bond acceptors (Lipinski definition) is 7. The van der Waals surface area contributed by atoms with Crippen LogP contribution >= 0.6 is 0 Å². The molecule has 0 saturated carbocycles. The molecule has 9 heteroatoms. The maximum absolute atomic E-state index is 12.0. The minimum absolute atomic E-state index is 0.00743. The summed E-state index contributed by atoms with van der Waals surface area (Å²) in [6.07, 6.45) is -0.0667. The highest BCUT2D eigenvalue weighted by molar-refractivity contribution is 6.00. The lowest BCUT2D eigenvalue weighted by atomic mass is 10.1. The highest BCUT2D eigenvalue weighted by Crippen LogP contribution is 2.33. The van der Waals surface area contributed by atoms with Crippen LogP contribution in [0.2, 0.25) is 0 Å². The van der Waals surface area contributed by atoms with Gasteiger partial charge in [0, 0.05) is 25.1 Å². The van der Waals surface area contributed by atoms with E-state index in [9.17, 15) is 19.7 Å². The fraction of sp³-hybridized carbons (Fsp3) is 0.417. The fourth-order valence-corrected chi connectivity index (χ4v) is 2.12. The molecule has 0 spiro atoms. The standard InChI is InChI=1S/C12H13N3O6/c1-20-9-4-3-8(15(18)19)11(13-9)14-6-7(5-10(14)16)12(17)21-2/h3-4,7H,5-6H2,1-2H3. The van der Waals surface area contributed by atoms with Gasteiger partial charge >= 0.3 is 11.7 Å². The smallest absolute Gasteiger partial charge is 0.312 e. The third-order valence-electron chi connectivity index (χ3n) is 3.15. The Morgan fingerprint density at radius 2 is 2.19 bits per heavy atom. The number of nitrogens with zero attached hydrogens (tertiary/aromatic N) is 3. The van der Waals surface area contributed by atoms with E-state index in [1.54, 1.807) is 0 Å². The highest BCUT2D eigenvalue weighted by Gasteiger charge is 2.39. The predicted octanol–water partition coefficient (Wildman–Crippen LogP) is 0.524. The quantitative estimate of drug-likeness (QED) is 0.452. The molecule has 112 valence electrons. The highest BCUT2D eigenvalue weighted by atomic mass is 16.6. The zero-order valence-corrected chi connectivity index (χ0v) is 11.4. The van der Waals surface area contributed by atoms with Gasteiger partial charge in [-0.1, -0.05) is 0 Å². The van der Waals surface area contributed by atoms with E-state index in [0.29, 0.717) is 0 Å². The van der Waals surface area contributed by atoms with E-state index in [0.717, 1.165) is 4.90 Å². The number of pyridine rings is 1. The number of amides is 1. The third-order valence-corrected chi connectivity index (χ3v) is 3.15. The molecule has 1 aliphatic heterocycles. The zero-order chi connectivity index (χ0) is 15.6. The lowest BCUT2D eigenvalue weighted by molar-refractivity contribution is -0.384. The van der Waals surface area contributed by atoms with Crippen LogP contribution < -0.4 is 9.64 Å². The summed E-state index contributed by atoms with van der Waals surface area (Å²) in [5.74, 6) is -1.60. The van der Waals surface area contributed by atoms with Gasteiger partial charge in [0.15, 0.2) is 0 Å². The van der Waals surface area contributed by atoms with Crippen molar-refractivity contribution in [1.82, 2.24) is 4.98 Å². The van der Waals surface area contributed by atoms with Gasteiger partial charge in [-0.3, -0.25) is 24.6 Å². The molecule has 2 heterocycles. The fourth-order valence-electron chi connectivity index (χ4n) is 2.12. The normalized spacial score (nSPS) is 17.7. The van der Waals surface area contributed by atoms with Crippen molar-refractivity contribution in [2.75, 3.05) is 25.7 Å². The van der Waals surface area contributed by atoms with E-state index < -0.39 is 22.7 Å². The molecule has 1 saturated heterocycles. The second kappa shape index (κ2) is 5.73. The summed E-state index contributed by atoms with van der Waals surface area (Å²) in [7, 11) is 2.59. The van der Waals surface area contributed by atoms with Crippen molar-refractivity contribution in [2.45, 2.75) is 6.42 Å². The Balaban J connectivity index is 2.39. The summed E-state index contributed by atoms with van der Waals surface area (Å²) in [5, 5.41) is 11.1. The summed E-state index contributed by atoms with van der Waals surface area (Å²) in [6.45, 7) is -0.00743. The van der Waals surface area contributed by atoms with Crippen molar-refractivity contribution >= 4 is 23.4 Å². The SMILES string of the molecule is COC(=O)C1CC(=O)N(c2nc(OC)ccc2[N+](=O)[O-])C1. The number of hydrogen-bond donors (Lipinski definition) is 0. The Morgan fingerprint density at radius 1 is 1.48 bits per heavy atom. The van der Waals surface area contributed by atoms with Gasteiger partial charge < -0.3 is 9.47 Å². The Labute approximate surface area is 119 Å². The van der Waals surface area contributed by atoms with Crippen molar-refractivity contribution in [3.05, 3.63) is 22.2 Å². The van der Waals surface area contributed by atoms with Crippen LogP contribution in [0.1, 0.15) is 6.42 Å². The molecule has 1 aromatic rings. The van der Waals surface area contributed by atoms with Crippen LogP contribution in [0, 0.1) is 16.0 Å². The first kappa shape index (κ1) is 14.7. The molecule has 1 fully saturated rings. The molecule has 9 nitrogen and oxygen atoms in total. The van der Waals surface area contributed by atoms with E-state index in [4.69, 9.17) is 4.74 Å². The first-order chi connectivity index (χ1) is 9.97. The van der Waals surface area contributed by atoms with Gasteiger partial charge in [0.05, 0.1) is 25.1 Å². The van der Waals surface area contributed by atoms with Gasteiger partial charge in [0.1, 0.15) is 0 Å². The molecule has 1 unspecified atom stereocenters. The van der Waals surface area contributed by atoms with Crippen LogP contribution in [0.4, 0.5) is 11.5 Å². The molecule has 1 aliphatic rings. The summed E-state index contributed by atoms with van der Waals surface area (Å²) in [5.41, 5.74) is -0.324. The van der Waals surface area contributed by atoms with E-state index in [-0.39, 0.29) is 30.4 Å². The lowest BCUT2D eigenvalue weighted by Crippen LogP contribution is -2.27. The number of ether oxygens (including phenoxy) is 2. The van der Waals surface area contributed by atoms with Crippen LogP contribution in [-0.4, -0.2) is 42.5 Å². The van der Waals surface area contributed by atoms with E-state index >= 15 is 0 Å². The molecule has 21 heavy (non-hydrogen) atoms. The monoisotopic (exact) mass is 295 g/mol. The first-order valence-corrected chi connectivity index (χ1v) is 6.05. The summed E-state index contributed by atoms with van der Waals surface area (Å²) in [6, 6.07) is 2.54. The van der Waals surface area contributed by atoms with Crippen LogP contribution in [-0.2, 0) is 14.3 Å². The molecule has 1 aromatic heterocycles. The molecule has 2 rings (SSSR count). The van der Waals surface area contributed by atoms with Crippen molar-refractivity contribution in [3.63, 3.8) is 0 Å². The number of nitro groups is 1. The van der Waals surface area contributed by atoms with E-state index in [1.807, 2.05) is 0 Å². The molecule has 0 aromatic carbocycles. The number of methoxy groups -OCH3 is 2. The average Bonchev–Trinajstić information content (AvgIpc) is 2.87. The summed E-state index contributed by atoms with van der Waals surface area (Å²) in [4.78, 5) is 39.0. The van der Waals surface area contributed by atoms with E-state index in [1.165, 1.54) is 26.4 Å². The molecular formula is C12H13N3O6. The predicted molar refractivity (Wildman–Crippen MR) is 69.9 cm³/mol. The Bertz CT molecular complexity index is 603. The van der Waals surface area contributed by atoms with Crippen LogP contribution in [0.15, 0.2) is 12.1 Å². The van der Waals surface area contributed by atoms with Gasteiger partial charge in [-0.2, -0.15) is 4.98 Å². The van der Waals surface area contributed by atoms with Crippen LogP contribution in [0.5, 0.6) is 5.88 Å². The van der Waals surface area contributed by atoms with Crippen molar-refractivity contribution in [3.8, 4) is 5.88 Å². The first-order valence-electron chi connectivity index (χ1n) is 6.05. The number of esters is 1. The zero-order valence-electron chi connectivity index (χ0n) is 11.4. The Hall–Kier alpha value is -2.71. The Morgan fingerprint density at radius 3 is 2.76 bits per heavy atom. The van der Waals surface area contributed by atoms with Gasteiger partial charge in [-0.05, 0) is 0 Å². The minimum Gasteiger partial charge on any atom is -0.481 e. The molecule has 1 atom stereocenters. The second-order valence-electron chi connectivity index (χ2n) is 4.38. The van der Waals surface area contributed by atoms with E-state index in [2.05, 4.69) is 9.72 Å².